The van der Waals surface area contributed by atoms with Gasteiger partial charge in [-0.25, -0.2) is 9.97 Å². The average molecular weight is 380 g/mol. The van der Waals surface area contributed by atoms with Crippen LogP contribution in [0.5, 0.6) is 5.75 Å². The van der Waals surface area contributed by atoms with E-state index in [-0.39, 0.29) is 5.91 Å². The maximum Gasteiger partial charge on any atom is 0.223 e. The summed E-state index contributed by atoms with van der Waals surface area (Å²) in [5.74, 6) is 2.42. The van der Waals surface area contributed by atoms with Crippen molar-refractivity contribution in [2.24, 2.45) is 0 Å². The lowest BCUT2D eigenvalue weighted by Crippen LogP contribution is -2.37. The first-order chi connectivity index (χ1) is 13.7. The molecule has 4 rings (SSSR count). The van der Waals surface area contributed by atoms with E-state index in [1.807, 2.05) is 35.4 Å². The van der Waals surface area contributed by atoms with E-state index in [9.17, 15) is 4.79 Å². The molecular weight excluding hydrogens is 352 g/mol. The average Bonchev–Trinajstić information content (AvgIpc) is 2.77. The fourth-order valence-electron chi connectivity index (χ4n) is 4.01. The Kier molecular flexibility index (Phi) is 5.86. The van der Waals surface area contributed by atoms with Gasteiger partial charge >= 0.3 is 0 Å². The third kappa shape index (κ3) is 4.33. The van der Waals surface area contributed by atoms with Crippen molar-refractivity contribution in [3.05, 3.63) is 53.1 Å². The van der Waals surface area contributed by atoms with E-state index >= 15 is 0 Å². The molecule has 1 aromatic heterocycles. The summed E-state index contributed by atoms with van der Waals surface area (Å²) in [4.78, 5) is 24.1. The van der Waals surface area contributed by atoms with Crippen LogP contribution in [0, 0.1) is 0 Å². The number of ether oxygens (including phenoxy) is 1. The monoisotopic (exact) mass is 380 g/mol. The Morgan fingerprint density at radius 1 is 1.32 bits per heavy atom. The number of hydrogen-bond donors (Lipinski definition) is 1. The molecule has 0 unspecified atom stereocenters. The summed E-state index contributed by atoms with van der Waals surface area (Å²) in [6.45, 7) is 3.43. The minimum Gasteiger partial charge on any atom is -0.497 e. The summed E-state index contributed by atoms with van der Waals surface area (Å²) >= 11 is 0. The first-order valence-electron chi connectivity index (χ1n) is 10.2. The molecule has 28 heavy (non-hydrogen) atoms. The van der Waals surface area contributed by atoms with Crippen molar-refractivity contribution in [2.45, 2.75) is 44.6 Å². The standard InChI is InChI=1S/C22H28N4O2/c1-28-19-7-4-16(5-8-19)6-9-21(27)26-12-10-20-18(15-26)14-24-22(25-20)17-3-2-11-23-13-17/h4-5,7-8,14,17,23H,2-3,6,9-13,15H2,1H3/t17-/m0/s1. The van der Waals surface area contributed by atoms with Crippen LogP contribution in [0.2, 0.25) is 0 Å². The van der Waals surface area contributed by atoms with Gasteiger partial charge in [0.25, 0.3) is 0 Å². The summed E-state index contributed by atoms with van der Waals surface area (Å²) in [6, 6.07) is 7.92. The molecule has 148 valence electrons. The van der Waals surface area contributed by atoms with Crippen LogP contribution in [0.4, 0.5) is 0 Å². The van der Waals surface area contributed by atoms with Gasteiger partial charge in [-0.15, -0.1) is 0 Å². The number of carbonyl (C=O) groups excluding carboxylic acids is 1. The summed E-state index contributed by atoms with van der Waals surface area (Å²) in [7, 11) is 1.66. The summed E-state index contributed by atoms with van der Waals surface area (Å²) < 4.78 is 5.18. The number of piperidine rings is 1. The van der Waals surface area contributed by atoms with Crippen molar-refractivity contribution in [1.82, 2.24) is 20.2 Å². The predicted molar refractivity (Wildman–Crippen MR) is 107 cm³/mol. The highest BCUT2D eigenvalue weighted by Crippen LogP contribution is 2.23. The van der Waals surface area contributed by atoms with E-state index in [1.54, 1.807) is 7.11 Å². The van der Waals surface area contributed by atoms with E-state index < -0.39 is 0 Å². The number of aromatic nitrogens is 2. The van der Waals surface area contributed by atoms with Gasteiger partial charge in [0, 0.05) is 50.2 Å². The summed E-state index contributed by atoms with van der Waals surface area (Å²) in [5, 5.41) is 3.43. The second-order valence-electron chi connectivity index (χ2n) is 7.66. The topological polar surface area (TPSA) is 67.3 Å². The van der Waals surface area contributed by atoms with Crippen molar-refractivity contribution < 1.29 is 9.53 Å². The number of benzene rings is 1. The van der Waals surface area contributed by atoms with Crippen LogP contribution in [0.25, 0.3) is 0 Å². The summed E-state index contributed by atoms with van der Waals surface area (Å²) in [6.07, 6.45) is 6.36. The number of methoxy groups -OCH3 is 1. The Hall–Kier alpha value is -2.47. The van der Waals surface area contributed by atoms with Crippen LogP contribution in [-0.4, -0.2) is 47.5 Å². The van der Waals surface area contributed by atoms with Crippen LogP contribution in [0.3, 0.4) is 0 Å². The minimum atomic E-state index is 0.196. The number of hydrogen-bond acceptors (Lipinski definition) is 5. The third-order valence-electron chi connectivity index (χ3n) is 5.75. The number of aryl methyl sites for hydroxylation is 1. The number of fused-ring (bicyclic) bond motifs is 1. The lowest BCUT2D eigenvalue weighted by Gasteiger charge is -2.29. The van der Waals surface area contributed by atoms with Gasteiger partial charge in [0.05, 0.1) is 12.8 Å². The Labute approximate surface area is 166 Å². The second kappa shape index (κ2) is 8.69. The molecule has 2 aromatic rings. The molecule has 2 aliphatic rings. The van der Waals surface area contributed by atoms with Crippen LogP contribution in [0.15, 0.2) is 30.5 Å². The minimum absolute atomic E-state index is 0.196. The van der Waals surface area contributed by atoms with Gasteiger partial charge < -0.3 is 15.0 Å². The molecule has 0 bridgehead atoms. The van der Waals surface area contributed by atoms with Crippen molar-refractivity contribution >= 4 is 5.91 Å². The van der Waals surface area contributed by atoms with Crippen molar-refractivity contribution in [3.63, 3.8) is 0 Å². The Morgan fingerprint density at radius 2 is 2.18 bits per heavy atom. The zero-order chi connectivity index (χ0) is 19.3. The van der Waals surface area contributed by atoms with Crippen molar-refractivity contribution in [2.75, 3.05) is 26.7 Å². The van der Waals surface area contributed by atoms with Gasteiger partial charge in [0.15, 0.2) is 0 Å². The number of amides is 1. The van der Waals surface area contributed by atoms with Gasteiger partial charge in [-0.05, 0) is 43.5 Å². The molecule has 1 N–H and O–H groups in total. The SMILES string of the molecule is COc1ccc(CCC(=O)N2CCc3nc([C@H]4CCCNC4)ncc3C2)cc1. The Balaban J connectivity index is 1.34. The van der Waals surface area contributed by atoms with Crippen LogP contribution in [-0.2, 0) is 24.2 Å². The van der Waals surface area contributed by atoms with Crippen LogP contribution in [0.1, 0.15) is 47.8 Å². The molecule has 1 atom stereocenters. The highest BCUT2D eigenvalue weighted by atomic mass is 16.5. The maximum atomic E-state index is 12.7. The van der Waals surface area contributed by atoms with E-state index in [0.717, 1.165) is 67.3 Å². The van der Waals surface area contributed by atoms with E-state index in [2.05, 4.69) is 10.3 Å². The van der Waals surface area contributed by atoms with E-state index in [1.165, 1.54) is 6.42 Å². The van der Waals surface area contributed by atoms with Gasteiger partial charge in [-0.2, -0.15) is 0 Å². The first kappa shape index (κ1) is 18.9. The van der Waals surface area contributed by atoms with Gasteiger partial charge in [-0.1, -0.05) is 12.1 Å². The fourth-order valence-corrected chi connectivity index (χ4v) is 4.01. The molecule has 6 heteroatoms. The largest absolute Gasteiger partial charge is 0.497 e. The smallest absolute Gasteiger partial charge is 0.223 e. The number of nitrogens with one attached hydrogen (secondary N) is 1. The fraction of sp³-hybridized carbons (Fsp3) is 0.500. The molecular formula is C22H28N4O2. The number of rotatable bonds is 5. The second-order valence-corrected chi connectivity index (χ2v) is 7.66. The normalized spacial score (nSPS) is 19.2. The molecule has 0 aliphatic carbocycles. The molecule has 1 saturated heterocycles. The van der Waals surface area contributed by atoms with E-state index in [4.69, 9.17) is 9.72 Å². The highest BCUT2D eigenvalue weighted by molar-refractivity contribution is 5.76. The lowest BCUT2D eigenvalue weighted by atomic mass is 9.98. The van der Waals surface area contributed by atoms with Gasteiger partial charge in [0.1, 0.15) is 11.6 Å². The Bertz CT molecular complexity index is 816. The molecule has 2 aliphatic heterocycles. The van der Waals surface area contributed by atoms with Crippen molar-refractivity contribution in [3.8, 4) is 5.75 Å². The molecule has 1 aromatic carbocycles. The first-order valence-corrected chi connectivity index (χ1v) is 10.2. The van der Waals surface area contributed by atoms with Crippen LogP contribution >= 0.6 is 0 Å². The molecule has 0 saturated carbocycles. The molecule has 0 radical (unpaired) electrons. The zero-order valence-corrected chi connectivity index (χ0v) is 16.5. The molecule has 1 amide bonds. The molecule has 0 spiro atoms. The lowest BCUT2D eigenvalue weighted by molar-refractivity contribution is -0.132. The van der Waals surface area contributed by atoms with Crippen LogP contribution < -0.4 is 10.1 Å². The quantitative estimate of drug-likeness (QED) is 0.863. The molecule has 1 fully saturated rings. The maximum absolute atomic E-state index is 12.7. The number of nitrogens with zero attached hydrogens (tertiary/aromatic N) is 3. The van der Waals surface area contributed by atoms with Gasteiger partial charge in [-0.3, -0.25) is 4.79 Å². The van der Waals surface area contributed by atoms with Crippen molar-refractivity contribution in [1.29, 1.82) is 0 Å². The predicted octanol–water partition coefficient (Wildman–Crippen LogP) is 2.47. The zero-order valence-electron chi connectivity index (χ0n) is 16.5. The number of carbonyl (C=O) groups is 1. The molecule has 3 heterocycles. The third-order valence-corrected chi connectivity index (χ3v) is 5.75. The van der Waals surface area contributed by atoms with E-state index in [0.29, 0.717) is 18.9 Å². The summed E-state index contributed by atoms with van der Waals surface area (Å²) in [5.41, 5.74) is 3.37. The van der Waals surface area contributed by atoms with Gasteiger partial charge in [0.2, 0.25) is 5.91 Å². The Morgan fingerprint density at radius 3 is 2.93 bits per heavy atom. The molecule has 6 nitrogen and oxygen atoms in total. The highest BCUT2D eigenvalue weighted by Gasteiger charge is 2.24.